The number of thiazole rings is 1. The zero-order chi connectivity index (χ0) is 23.0. The quantitative estimate of drug-likeness (QED) is 0.278. The van der Waals surface area contributed by atoms with E-state index in [0.29, 0.717) is 16.8 Å². The zero-order valence-electron chi connectivity index (χ0n) is 17.0. The second-order valence-corrected chi connectivity index (χ2v) is 7.97. The van der Waals surface area contributed by atoms with E-state index in [9.17, 15) is 23.9 Å². The maximum Gasteiger partial charge on any atom is 0.350 e. The normalized spacial score (nSPS) is 17.6. The lowest BCUT2D eigenvalue weighted by Crippen LogP contribution is -2.29. The highest BCUT2D eigenvalue weighted by molar-refractivity contribution is 7.17. The Balaban J connectivity index is 1.93. The number of esters is 1. The molecular formula is C23H17FN2O5S. The van der Waals surface area contributed by atoms with Crippen molar-refractivity contribution >= 4 is 39.9 Å². The van der Waals surface area contributed by atoms with Crippen molar-refractivity contribution < 1.29 is 28.6 Å². The number of aliphatic hydroxyl groups excluding tert-OH is 1. The van der Waals surface area contributed by atoms with Crippen molar-refractivity contribution in [1.29, 1.82) is 0 Å². The molecule has 0 radical (unpaired) electrons. The van der Waals surface area contributed by atoms with E-state index in [2.05, 4.69) is 4.98 Å². The number of aromatic nitrogens is 1. The van der Waals surface area contributed by atoms with E-state index in [1.807, 2.05) is 0 Å². The predicted octanol–water partition coefficient (Wildman–Crippen LogP) is 4.00. The van der Waals surface area contributed by atoms with Gasteiger partial charge in [0.15, 0.2) is 5.13 Å². The second-order valence-electron chi connectivity index (χ2n) is 6.99. The standard InChI is InChI=1S/C23H17FN2O5S/c1-12-20(22(30)31-2)32-23(25-12)26-17(13-8-10-15(24)11-9-13)16(19(28)21(26)29)18(27)14-6-4-3-5-7-14/h3-11,17,27H,1-2H3/b18-16+/t17-/m1/s1. The molecule has 1 saturated heterocycles. The summed E-state index contributed by atoms with van der Waals surface area (Å²) in [4.78, 5) is 43.8. The Morgan fingerprint density at radius 3 is 2.41 bits per heavy atom. The van der Waals surface area contributed by atoms with Crippen molar-refractivity contribution in [3.8, 4) is 0 Å². The van der Waals surface area contributed by atoms with Crippen LogP contribution in [-0.4, -0.2) is 34.9 Å². The van der Waals surface area contributed by atoms with Crippen LogP contribution in [0.25, 0.3) is 5.76 Å². The Hall–Kier alpha value is -3.85. The van der Waals surface area contributed by atoms with Crippen molar-refractivity contribution in [2.75, 3.05) is 12.0 Å². The third kappa shape index (κ3) is 3.56. The number of carbonyl (C=O) groups is 3. The summed E-state index contributed by atoms with van der Waals surface area (Å²) in [5, 5.41) is 11.0. The first kappa shape index (κ1) is 21.4. The monoisotopic (exact) mass is 452 g/mol. The van der Waals surface area contributed by atoms with Crippen LogP contribution < -0.4 is 4.90 Å². The molecule has 0 unspecified atom stereocenters. The van der Waals surface area contributed by atoms with Gasteiger partial charge in [-0.15, -0.1) is 0 Å². The van der Waals surface area contributed by atoms with Crippen LogP contribution in [0.15, 0.2) is 60.2 Å². The Morgan fingerprint density at radius 2 is 1.78 bits per heavy atom. The van der Waals surface area contributed by atoms with Gasteiger partial charge < -0.3 is 9.84 Å². The van der Waals surface area contributed by atoms with E-state index in [1.165, 1.54) is 31.4 Å². The van der Waals surface area contributed by atoms with E-state index in [1.54, 1.807) is 37.3 Å². The number of hydrogen-bond donors (Lipinski definition) is 1. The van der Waals surface area contributed by atoms with Gasteiger partial charge in [-0.3, -0.25) is 14.5 Å². The third-order valence-electron chi connectivity index (χ3n) is 5.04. The average molecular weight is 452 g/mol. The summed E-state index contributed by atoms with van der Waals surface area (Å²) >= 11 is 0.895. The highest BCUT2D eigenvalue weighted by Gasteiger charge is 2.48. The number of methoxy groups -OCH3 is 1. The molecule has 1 aromatic heterocycles. The summed E-state index contributed by atoms with van der Waals surface area (Å²) in [6.07, 6.45) is 0. The summed E-state index contributed by atoms with van der Waals surface area (Å²) in [7, 11) is 1.23. The number of halogens is 1. The molecule has 2 heterocycles. The molecule has 1 amide bonds. The number of rotatable bonds is 4. The van der Waals surface area contributed by atoms with Crippen LogP contribution in [0.3, 0.4) is 0 Å². The summed E-state index contributed by atoms with van der Waals surface area (Å²) in [6.45, 7) is 1.58. The van der Waals surface area contributed by atoms with Crippen LogP contribution in [0.5, 0.6) is 0 Å². The molecule has 1 N–H and O–H groups in total. The number of ketones is 1. The molecule has 7 nitrogen and oxygen atoms in total. The van der Waals surface area contributed by atoms with E-state index in [4.69, 9.17) is 4.74 Å². The first-order chi connectivity index (χ1) is 15.3. The maximum absolute atomic E-state index is 13.6. The van der Waals surface area contributed by atoms with Gasteiger partial charge in [0.05, 0.1) is 24.4 Å². The number of aryl methyl sites for hydroxylation is 1. The molecule has 2 aromatic carbocycles. The Kier molecular flexibility index (Phi) is 5.58. The van der Waals surface area contributed by atoms with Gasteiger partial charge in [0.2, 0.25) is 0 Å². The molecular weight excluding hydrogens is 435 g/mol. The molecule has 0 bridgehead atoms. The first-order valence-corrected chi connectivity index (χ1v) is 10.3. The summed E-state index contributed by atoms with van der Waals surface area (Å²) in [6, 6.07) is 12.5. The lowest BCUT2D eigenvalue weighted by molar-refractivity contribution is -0.132. The molecule has 4 rings (SSSR count). The summed E-state index contributed by atoms with van der Waals surface area (Å²) in [5.74, 6) is -3.30. The van der Waals surface area contributed by atoms with Crippen molar-refractivity contribution in [1.82, 2.24) is 4.98 Å². The van der Waals surface area contributed by atoms with E-state index >= 15 is 0 Å². The Bertz CT molecular complexity index is 1250. The number of carbonyl (C=O) groups excluding carboxylic acids is 3. The number of aliphatic hydroxyl groups is 1. The Morgan fingerprint density at radius 1 is 1.12 bits per heavy atom. The third-order valence-corrected chi connectivity index (χ3v) is 6.18. The number of hydrogen-bond acceptors (Lipinski definition) is 7. The number of amides is 1. The van der Waals surface area contributed by atoms with Gasteiger partial charge in [-0.2, -0.15) is 0 Å². The minimum atomic E-state index is -1.06. The molecule has 0 saturated carbocycles. The second kappa shape index (κ2) is 8.35. The topological polar surface area (TPSA) is 96.8 Å². The molecule has 162 valence electrons. The predicted molar refractivity (Wildman–Crippen MR) is 116 cm³/mol. The summed E-state index contributed by atoms with van der Waals surface area (Å²) < 4.78 is 18.3. The van der Waals surface area contributed by atoms with E-state index in [0.717, 1.165) is 16.2 Å². The fourth-order valence-corrected chi connectivity index (χ4v) is 4.52. The van der Waals surface area contributed by atoms with Crippen LogP contribution in [-0.2, 0) is 14.3 Å². The molecule has 1 fully saturated rings. The number of benzene rings is 2. The van der Waals surface area contributed by atoms with Crippen LogP contribution in [0.4, 0.5) is 9.52 Å². The van der Waals surface area contributed by atoms with Gasteiger partial charge in [-0.05, 0) is 24.6 Å². The van der Waals surface area contributed by atoms with Crippen molar-refractivity contribution in [3.63, 3.8) is 0 Å². The molecule has 1 atom stereocenters. The van der Waals surface area contributed by atoms with Gasteiger partial charge in [0.1, 0.15) is 16.5 Å². The molecule has 1 aliphatic heterocycles. The smallest absolute Gasteiger partial charge is 0.350 e. The lowest BCUT2D eigenvalue weighted by atomic mass is 9.95. The number of anilines is 1. The molecule has 3 aromatic rings. The fourth-order valence-electron chi connectivity index (χ4n) is 3.51. The molecule has 32 heavy (non-hydrogen) atoms. The summed E-state index contributed by atoms with van der Waals surface area (Å²) in [5.41, 5.74) is 0.929. The highest BCUT2D eigenvalue weighted by atomic mass is 32.1. The van der Waals surface area contributed by atoms with Gasteiger partial charge in [0.25, 0.3) is 5.78 Å². The number of nitrogens with zero attached hydrogens (tertiary/aromatic N) is 2. The van der Waals surface area contributed by atoms with E-state index < -0.39 is 29.5 Å². The zero-order valence-corrected chi connectivity index (χ0v) is 17.9. The number of Topliss-reactive ketones (excluding diaryl/α,β-unsaturated/α-hetero) is 1. The van der Waals surface area contributed by atoms with Crippen molar-refractivity contribution in [2.45, 2.75) is 13.0 Å². The Labute approximate surface area is 186 Å². The van der Waals surface area contributed by atoms with E-state index in [-0.39, 0.29) is 21.3 Å². The van der Waals surface area contributed by atoms with Gasteiger partial charge in [-0.1, -0.05) is 53.8 Å². The highest BCUT2D eigenvalue weighted by Crippen LogP contribution is 2.43. The molecule has 0 spiro atoms. The lowest BCUT2D eigenvalue weighted by Gasteiger charge is -2.23. The van der Waals surface area contributed by atoms with Gasteiger partial charge in [0, 0.05) is 5.56 Å². The van der Waals surface area contributed by atoms with Crippen molar-refractivity contribution in [3.05, 3.63) is 87.7 Å². The first-order valence-electron chi connectivity index (χ1n) is 9.51. The van der Waals surface area contributed by atoms with Crippen molar-refractivity contribution in [2.24, 2.45) is 0 Å². The average Bonchev–Trinajstić information content (AvgIpc) is 3.31. The van der Waals surface area contributed by atoms with Crippen LogP contribution in [0.2, 0.25) is 0 Å². The fraction of sp³-hybridized carbons (Fsp3) is 0.130. The largest absolute Gasteiger partial charge is 0.507 e. The maximum atomic E-state index is 13.6. The molecule has 9 heteroatoms. The minimum absolute atomic E-state index is 0.0893. The van der Waals surface area contributed by atoms with Gasteiger partial charge >= 0.3 is 11.9 Å². The van der Waals surface area contributed by atoms with Gasteiger partial charge in [-0.25, -0.2) is 14.2 Å². The van der Waals surface area contributed by atoms with Crippen LogP contribution >= 0.6 is 11.3 Å². The van der Waals surface area contributed by atoms with Crippen LogP contribution in [0, 0.1) is 12.7 Å². The molecule has 1 aliphatic rings. The SMILES string of the molecule is COC(=O)c1sc(N2C(=O)C(=O)/C(=C(/O)c3ccccc3)[C@H]2c2ccc(F)cc2)nc1C. The van der Waals surface area contributed by atoms with Crippen LogP contribution in [0.1, 0.15) is 32.5 Å². The number of ether oxygens (including phenoxy) is 1. The minimum Gasteiger partial charge on any atom is -0.507 e. The molecule has 0 aliphatic carbocycles.